The molecule has 1 aromatic carbocycles. The van der Waals surface area contributed by atoms with Crippen molar-refractivity contribution in [2.75, 3.05) is 20.3 Å². The van der Waals surface area contributed by atoms with Crippen LogP contribution in [0.1, 0.15) is 24.9 Å². The average molecular weight is 209 g/mol. The highest BCUT2D eigenvalue weighted by atomic mass is 16.5. The predicted molar refractivity (Wildman–Crippen MR) is 61.0 cm³/mol. The molecule has 0 amide bonds. The molecule has 0 aliphatic heterocycles. The van der Waals surface area contributed by atoms with Crippen molar-refractivity contribution in [3.8, 4) is 5.75 Å². The van der Waals surface area contributed by atoms with E-state index in [2.05, 4.69) is 6.92 Å². The summed E-state index contributed by atoms with van der Waals surface area (Å²) in [6, 6.07) is 8.03. The lowest BCUT2D eigenvalue weighted by Crippen LogP contribution is -2.08. The monoisotopic (exact) mass is 209 g/mol. The molecule has 84 valence electrons. The SMILES string of the molecule is CC[C@H](N)c1ccc(OCCOC)cc1. The van der Waals surface area contributed by atoms with E-state index in [1.165, 1.54) is 0 Å². The second-order valence-corrected chi connectivity index (χ2v) is 3.43. The van der Waals surface area contributed by atoms with E-state index >= 15 is 0 Å². The van der Waals surface area contributed by atoms with E-state index in [1.54, 1.807) is 7.11 Å². The number of hydrogen-bond donors (Lipinski definition) is 1. The summed E-state index contributed by atoms with van der Waals surface area (Å²) in [5.41, 5.74) is 7.05. The van der Waals surface area contributed by atoms with E-state index < -0.39 is 0 Å². The van der Waals surface area contributed by atoms with Crippen LogP contribution in [0.4, 0.5) is 0 Å². The van der Waals surface area contributed by atoms with Gasteiger partial charge in [0, 0.05) is 13.2 Å². The smallest absolute Gasteiger partial charge is 0.119 e. The highest BCUT2D eigenvalue weighted by Crippen LogP contribution is 2.17. The Morgan fingerprint density at radius 3 is 2.40 bits per heavy atom. The van der Waals surface area contributed by atoms with Crippen molar-refractivity contribution in [2.45, 2.75) is 19.4 Å². The van der Waals surface area contributed by atoms with Gasteiger partial charge in [-0.3, -0.25) is 0 Å². The summed E-state index contributed by atoms with van der Waals surface area (Å²) >= 11 is 0. The molecule has 1 aromatic rings. The van der Waals surface area contributed by atoms with Gasteiger partial charge in [-0.05, 0) is 24.1 Å². The number of hydrogen-bond acceptors (Lipinski definition) is 3. The highest BCUT2D eigenvalue weighted by molar-refractivity contribution is 5.28. The summed E-state index contributed by atoms with van der Waals surface area (Å²) in [7, 11) is 1.66. The maximum atomic E-state index is 5.91. The van der Waals surface area contributed by atoms with Crippen molar-refractivity contribution < 1.29 is 9.47 Å². The Morgan fingerprint density at radius 2 is 1.87 bits per heavy atom. The minimum Gasteiger partial charge on any atom is -0.491 e. The lowest BCUT2D eigenvalue weighted by Gasteiger charge is -2.10. The molecule has 1 atom stereocenters. The molecule has 0 bridgehead atoms. The molecule has 0 aliphatic carbocycles. The molecule has 15 heavy (non-hydrogen) atoms. The van der Waals surface area contributed by atoms with Crippen LogP contribution in [0.5, 0.6) is 5.75 Å². The normalized spacial score (nSPS) is 12.5. The molecular weight excluding hydrogens is 190 g/mol. The van der Waals surface area contributed by atoms with Gasteiger partial charge >= 0.3 is 0 Å². The third kappa shape index (κ3) is 3.90. The van der Waals surface area contributed by atoms with Gasteiger partial charge in [-0.25, -0.2) is 0 Å². The van der Waals surface area contributed by atoms with Crippen LogP contribution in [0.15, 0.2) is 24.3 Å². The first kappa shape index (κ1) is 12.0. The summed E-state index contributed by atoms with van der Waals surface area (Å²) in [6.45, 7) is 3.26. The summed E-state index contributed by atoms with van der Waals surface area (Å²) in [6.07, 6.45) is 0.948. The van der Waals surface area contributed by atoms with Gasteiger partial charge in [0.15, 0.2) is 0 Å². The number of nitrogens with two attached hydrogens (primary N) is 1. The molecule has 0 heterocycles. The van der Waals surface area contributed by atoms with Crippen LogP contribution in [0.2, 0.25) is 0 Å². The molecule has 0 spiro atoms. The molecule has 0 saturated heterocycles. The van der Waals surface area contributed by atoms with Crippen molar-refractivity contribution >= 4 is 0 Å². The maximum absolute atomic E-state index is 5.91. The second-order valence-electron chi connectivity index (χ2n) is 3.43. The van der Waals surface area contributed by atoms with Crippen LogP contribution in [0, 0.1) is 0 Å². The van der Waals surface area contributed by atoms with E-state index in [0.717, 1.165) is 17.7 Å². The van der Waals surface area contributed by atoms with Crippen LogP contribution in [-0.4, -0.2) is 20.3 Å². The summed E-state index contributed by atoms with van der Waals surface area (Å²) in [4.78, 5) is 0. The van der Waals surface area contributed by atoms with E-state index in [1.807, 2.05) is 24.3 Å². The fraction of sp³-hybridized carbons (Fsp3) is 0.500. The molecule has 0 aromatic heterocycles. The van der Waals surface area contributed by atoms with Gasteiger partial charge in [0.1, 0.15) is 12.4 Å². The van der Waals surface area contributed by atoms with Crippen molar-refractivity contribution in [3.05, 3.63) is 29.8 Å². The molecule has 0 fully saturated rings. The van der Waals surface area contributed by atoms with Gasteiger partial charge < -0.3 is 15.2 Å². The fourth-order valence-electron chi connectivity index (χ4n) is 1.29. The summed E-state index contributed by atoms with van der Waals surface area (Å²) in [5, 5.41) is 0. The van der Waals surface area contributed by atoms with Crippen molar-refractivity contribution in [2.24, 2.45) is 5.73 Å². The largest absolute Gasteiger partial charge is 0.491 e. The van der Waals surface area contributed by atoms with E-state index in [-0.39, 0.29) is 6.04 Å². The first-order chi connectivity index (χ1) is 7.27. The van der Waals surface area contributed by atoms with Gasteiger partial charge in [-0.15, -0.1) is 0 Å². The Bertz CT molecular complexity index is 271. The van der Waals surface area contributed by atoms with Gasteiger partial charge in [-0.1, -0.05) is 19.1 Å². The standard InChI is InChI=1S/C12H19NO2/c1-3-12(13)10-4-6-11(7-5-10)15-9-8-14-2/h4-7,12H,3,8-9,13H2,1-2H3/t12-/m0/s1. The fourth-order valence-corrected chi connectivity index (χ4v) is 1.29. The van der Waals surface area contributed by atoms with Gasteiger partial charge in [0.2, 0.25) is 0 Å². The zero-order valence-corrected chi connectivity index (χ0v) is 9.40. The molecule has 0 radical (unpaired) electrons. The Morgan fingerprint density at radius 1 is 1.20 bits per heavy atom. The Kier molecular flexibility index (Phi) is 5.15. The van der Waals surface area contributed by atoms with Gasteiger partial charge in [0.05, 0.1) is 6.61 Å². The first-order valence-electron chi connectivity index (χ1n) is 5.25. The molecule has 3 heteroatoms. The first-order valence-corrected chi connectivity index (χ1v) is 5.25. The molecule has 1 rings (SSSR count). The number of benzene rings is 1. The van der Waals surface area contributed by atoms with Gasteiger partial charge in [-0.2, -0.15) is 0 Å². The predicted octanol–water partition coefficient (Wildman–Crippen LogP) is 2.12. The van der Waals surface area contributed by atoms with Crippen molar-refractivity contribution in [1.82, 2.24) is 0 Å². The van der Waals surface area contributed by atoms with Gasteiger partial charge in [0.25, 0.3) is 0 Å². The molecule has 0 unspecified atom stereocenters. The summed E-state index contributed by atoms with van der Waals surface area (Å²) in [5.74, 6) is 0.860. The lowest BCUT2D eigenvalue weighted by molar-refractivity contribution is 0.146. The molecule has 2 N–H and O–H groups in total. The third-order valence-corrected chi connectivity index (χ3v) is 2.30. The van der Waals surface area contributed by atoms with Crippen LogP contribution in [0.25, 0.3) is 0 Å². The highest BCUT2D eigenvalue weighted by Gasteiger charge is 2.02. The van der Waals surface area contributed by atoms with Crippen LogP contribution in [-0.2, 0) is 4.74 Å². The average Bonchev–Trinajstić information content (AvgIpc) is 2.29. The minimum absolute atomic E-state index is 0.123. The zero-order valence-electron chi connectivity index (χ0n) is 9.40. The van der Waals surface area contributed by atoms with E-state index in [4.69, 9.17) is 15.2 Å². The zero-order chi connectivity index (χ0) is 11.1. The number of methoxy groups -OCH3 is 1. The van der Waals surface area contributed by atoms with E-state index in [9.17, 15) is 0 Å². The van der Waals surface area contributed by atoms with Crippen molar-refractivity contribution in [3.63, 3.8) is 0 Å². The van der Waals surface area contributed by atoms with E-state index in [0.29, 0.717) is 13.2 Å². The number of rotatable bonds is 6. The third-order valence-electron chi connectivity index (χ3n) is 2.30. The van der Waals surface area contributed by atoms with Crippen molar-refractivity contribution in [1.29, 1.82) is 0 Å². The lowest BCUT2D eigenvalue weighted by atomic mass is 10.1. The molecule has 0 saturated carbocycles. The summed E-state index contributed by atoms with van der Waals surface area (Å²) < 4.78 is 10.3. The Labute approximate surface area is 91.2 Å². The quantitative estimate of drug-likeness (QED) is 0.730. The second kappa shape index (κ2) is 6.43. The molecular formula is C12H19NO2. The maximum Gasteiger partial charge on any atom is 0.119 e. The molecule has 3 nitrogen and oxygen atoms in total. The van der Waals surface area contributed by atoms with Crippen LogP contribution >= 0.6 is 0 Å². The van der Waals surface area contributed by atoms with Crippen LogP contribution in [0.3, 0.4) is 0 Å². The number of ether oxygens (including phenoxy) is 2. The van der Waals surface area contributed by atoms with Crippen LogP contribution < -0.4 is 10.5 Å². The Balaban J connectivity index is 2.49. The topological polar surface area (TPSA) is 44.5 Å². The molecule has 0 aliphatic rings. The minimum atomic E-state index is 0.123. The Hall–Kier alpha value is -1.06.